The van der Waals surface area contributed by atoms with Crippen molar-refractivity contribution in [2.24, 2.45) is 5.92 Å². The van der Waals surface area contributed by atoms with Crippen LogP contribution in [0.25, 0.3) is 0 Å². The van der Waals surface area contributed by atoms with E-state index in [2.05, 4.69) is 81.5 Å². The van der Waals surface area contributed by atoms with Crippen molar-refractivity contribution in [2.45, 2.75) is 57.0 Å². The molecule has 0 aliphatic carbocycles. The molecule has 10 heteroatoms. The maximum Gasteiger partial charge on any atom is 0.255 e. The molecule has 0 spiro atoms. The van der Waals surface area contributed by atoms with Crippen LogP contribution in [-0.2, 0) is 16.1 Å². The molecule has 10 nitrogen and oxygen atoms in total. The van der Waals surface area contributed by atoms with Gasteiger partial charge in [-0.25, -0.2) is 0 Å². The van der Waals surface area contributed by atoms with Crippen LogP contribution in [0.2, 0.25) is 0 Å². The highest BCUT2D eigenvalue weighted by molar-refractivity contribution is 6.05. The molecule has 55 heavy (non-hydrogen) atoms. The highest BCUT2D eigenvalue weighted by Crippen LogP contribution is 2.47. The number of carbonyl (C=O) groups excluding carboxylic acids is 3. The molecule has 3 amide bonds. The number of nitrogens with one attached hydrogen (secondary N) is 1. The van der Waals surface area contributed by atoms with Gasteiger partial charge < -0.3 is 24.5 Å². The van der Waals surface area contributed by atoms with E-state index >= 15 is 0 Å². The molecule has 0 aromatic heterocycles. The van der Waals surface area contributed by atoms with Gasteiger partial charge in [-0.15, -0.1) is 0 Å². The van der Waals surface area contributed by atoms with E-state index in [0.717, 1.165) is 68.4 Å². The molecule has 4 aromatic carbocycles. The number of benzene rings is 4. The van der Waals surface area contributed by atoms with Crippen LogP contribution in [-0.4, -0.2) is 91.1 Å². The first-order valence-electron chi connectivity index (χ1n) is 19.9. The summed E-state index contributed by atoms with van der Waals surface area (Å²) in [7, 11) is 0. The van der Waals surface area contributed by atoms with E-state index < -0.39 is 6.04 Å². The molecule has 5 heterocycles. The van der Waals surface area contributed by atoms with Crippen molar-refractivity contribution >= 4 is 29.1 Å². The molecule has 0 saturated carbocycles. The average molecular weight is 740 g/mol. The van der Waals surface area contributed by atoms with Crippen molar-refractivity contribution in [1.82, 2.24) is 15.1 Å². The van der Waals surface area contributed by atoms with Crippen LogP contribution >= 0.6 is 0 Å². The van der Waals surface area contributed by atoms with Gasteiger partial charge in [-0.3, -0.25) is 24.6 Å². The lowest BCUT2D eigenvalue weighted by Gasteiger charge is -2.40. The van der Waals surface area contributed by atoms with Gasteiger partial charge in [0, 0.05) is 99.2 Å². The number of anilines is 2. The molecule has 0 bridgehead atoms. The number of hydrogen-bond donors (Lipinski definition) is 2. The Morgan fingerprint density at radius 2 is 1.55 bits per heavy atom. The number of fused-ring (bicyclic) bond motifs is 2. The minimum Gasteiger partial charge on any atom is -0.508 e. The van der Waals surface area contributed by atoms with Crippen molar-refractivity contribution in [2.75, 3.05) is 62.2 Å². The van der Waals surface area contributed by atoms with E-state index in [1.165, 1.54) is 35.2 Å². The van der Waals surface area contributed by atoms with Crippen LogP contribution in [0.5, 0.6) is 11.5 Å². The van der Waals surface area contributed by atoms with Crippen molar-refractivity contribution in [3.05, 3.63) is 118 Å². The van der Waals surface area contributed by atoms with Gasteiger partial charge >= 0.3 is 0 Å². The molecule has 9 rings (SSSR count). The maximum absolute atomic E-state index is 13.2. The lowest BCUT2D eigenvalue weighted by Crippen LogP contribution is -2.52. The van der Waals surface area contributed by atoms with Crippen LogP contribution in [0.1, 0.15) is 75.7 Å². The predicted octanol–water partition coefficient (Wildman–Crippen LogP) is 5.81. The Morgan fingerprint density at radius 1 is 0.782 bits per heavy atom. The molecule has 0 radical (unpaired) electrons. The first-order valence-corrected chi connectivity index (χ1v) is 19.9. The molecule has 5 aliphatic heterocycles. The summed E-state index contributed by atoms with van der Waals surface area (Å²) < 4.78 is 6.21. The van der Waals surface area contributed by atoms with Crippen LogP contribution in [0.15, 0.2) is 84.9 Å². The largest absolute Gasteiger partial charge is 0.508 e. The number of piperidine rings is 2. The standard InChI is InChI=1S/C45H49N5O5/c1-29-3-2-4-32(23-29)39-28-55-41-25-36(51)10-12-38(41)43(39)31-5-7-34(8-6-31)48-17-15-30(16-18-48)26-47-19-21-49(22-20-47)35-9-11-37-33(24-35)27-50(45(37)54)40-13-14-42(52)46-44(40)53/h2-12,23-25,30,39-40,43,51H,13-22,26-28H2,1H3,(H,46,52,53)/t39-,40-,43-/m0/s1. The fraction of sp³-hybridized carbons (Fsp3) is 0.400. The number of aromatic hydroxyl groups is 1. The lowest BCUT2D eigenvalue weighted by molar-refractivity contribution is -0.136. The fourth-order valence-corrected chi connectivity index (χ4v) is 9.58. The number of imide groups is 1. The van der Waals surface area contributed by atoms with E-state index in [9.17, 15) is 19.5 Å². The lowest BCUT2D eigenvalue weighted by atomic mass is 9.75. The third-order valence-electron chi connectivity index (χ3n) is 12.6. The van der Waals surface area contributed by atoms with Gasteiger partial charge in [-0.1, -0.05) is 48.0 Å². The zero-order valence-corrected chi connectivity index (χ0v) is 31.5. The Bertz CT molecular complexity index is 2100. The minimum atomic E-state index is -0.590. The SMILES string of the molecule is Cc1cccc([C@@H]2COc3cc(O)ccc3[C@@H]2c2ccc(N3CCC(CN4CCN(c5ccc6c(c5)CN([C@H]5CCC(=O)NC5=O)C6=O)CC4)CC3)cc2)c1. The van der Waals surface area contributed by atoms with Gasteiger partial charge in [-0.2, -0.15) is 0 Å². The van der Waals surface area contributed by atoms with Gasteiger partial charge in [0.1, 0.15) is 17.5 Å². The number of aryl methyl sites for hydroxylation is 1. The van der Waals surface area contributed by atoms with E-state index in [-0.39, 0.29) is 41.7 Å². The van der Waals surface area contributed by atoms with Crippen LogP contribution < -0.4 is 19.9 Å². The molecule has 3 atom stereocenters. The molecule has 5 aliphatic rings. The first kappa shape index (κ1) is 35.4. The van der Waals surface area contributed by atoms with E-state index in [1.54, 1.807) is 17.0 Å². The highest BCUT2D eigenvalue weighted by atomic mass is 16.5. The minimum absolute atomic E-state index is 0.125. The number of rotatable bonds is 7. The molecular formula is C45H49N5O5. The first-order chi connectivity index (χ1) is 26.8. The third-order valence-corrected chi connectivity index (χ3v) is 12.6. The number of amides is 3. The number of phenols is 1. The highest BCUT2D eigenvalue weighted by Gasteiger charge is 2.39. The molecule has 3 fully saturated rings. The van der Waals surface area contributed by atoms with Crippen molar-refractivity contribution in [1.29, 1.82) is 0 Å². The number of nitrogens with zero attached hydrogens (tertiary/aromatic N) is 4. The van der Waals surface area contributed by atoms with Crippen molar-refractivity contribution < 1.29 is 24.2 Å². The number of phenolic OH excluding ortho intramolecular Hbond substituents is 1. The molecule has 0 unspecified atom stereocenters. The number of hydrogen-bond acceptors (Lipinski definition) is 8. The summed E-state index contributed by atoms with van der Waals surface area (Å²) in [5, 5.41) is 12.6. The average Bonchev–Trinajstić information content (AvgIpc) is 3.52. The molecular weight excluding hydrogens is 691 g/mol. The number of piperazine rings is 1. The van der Waals surface area contributed by atoms with Crippen molar-refractivity contribution in [3.63, 3.8) is 0 Å². The second-order valence-corrected chi connectivity index (χ2v) is 16.1. The molecule has 2 N–H and O–H groups in total. The molecule has 4 aromatic rings. The van der Waals surface area contributed by atoms with Crippen LogP contribution in [0, 0.1) is 12.8 Å². The van der Waals surface area contributed by atoms with Gasteiger partial charge in [0.25, 0.3) is 5.91 Å². The zero-order valence-electron chi connectivity index (χ0n) is 31.5. The van der Waals surface area contributed by atoms with Gasteiger partial charge in [-0.05, 0) is 85.2 Å². The quantitative estimate of drug-likeness (QED) is 0.229. The predicted molar refractivity (Wildman–Crippen MR) is 212 cm³/mol. The smallest absolute Gasteiger partial charge is 0.255 e. The second kappa shape index (κ2) is 14.7. The maximum atomic E-state index is 13.2. The molecule has 3 saturated heterocycles. The Labute approximate surface area is 322 Å². The van der Waals surface area contributed by atoms with Crippen LogP contribution in [0.4, 0.5) is 11.4 Å². The topological polar surface area (TPSA) is 106 Å². The fourth-order valence-electron chi connectivity index (χ4n) is 9.58. The summed E-state index contributed by atoms with van der Waals surface area (Å²) in [4.78, 5) is 46.4. The summed E-state index contributed by atoms with van der Waals surface area (Å²) in [6.45, 7) is 10.3. The van der Waals surface area contributed by atoms with Gasteiger partial charge in [0.05, 0.1) is 6.61 Å². The Kier molecular flexibility index (Phi) is 9.46. The molecule has 284 valence electrons. The normalized spacial score (nSPS) is 23.3. The Hall–Kier alpha value is -5.35. The number of ether oxygens (including phenoxy) is 1. The van der Waals surface area contributed by atoms with Crippen molar-refractivity contribution in [3.8, 4) is 11.5 Å². The summed E-state index contributed by atoms with van der Waals surface area (Å²) in [5.74, 6) is 1.21. The van der Waals surface area contributed by atoms with Gasteiger partial charge in [0.2, 0.25) is 11.8 Å². The van der Waals surface area contributed by atoms with E-state index in [0.29, 0.717) is 31.1 Å². The Morgan fingerprint density at radius 3 is 2.31 bits per heavy atom. The zero-order chi connectivity index (χ0) is 37.6. The van der Waals surface area contributed by atoms with Crippen LogP contribution in [0.3, 0.4) is 0 Å². The second-order valence-electron chi connectivity index (χ2n) is 16.1. The Balaban J connectivity index is 0.785. The van der Waals surface area contributed by atoms with E-state index in [1.807, 2.05) is 18.2 Å². The summed E-state index contributed by atoms with van der Waals surface area (Å²) in [6.07, 6.45) is 2.99. The number of carbonyl (C=O) groups is 3. The monoisotopic (exact) mass is 739 g/mol. The van der Waals surface area contributed by atoms with E-state index in [4.69, 9.17) is 4.74 Å². The van der Waals surface area contributed by atoms with Gasteiger partial charge in [0.15, 0.2) is 0 Å². The summed E-state index contributed by atoms with van der Waals surface area (Å²) >= 11 is 0. The summed E-state index contributed by atoms with van der Waals surface area (Å²) in [6, 6.07) is 28.9. The summed E-state index contributed by atoms with van der Waals surface area (Å²) in [5.41, 5.74) is 8.92. The third kappa shape index (κ3) is 7.04.